The van der Waals surface area contributed by atoms with Gasteiger partial charge in [-0.1, -0.05) is 0 Å². The molecule has 118 valence electrons. The molecule has 0 unspecified atom stereocenters. The third-order valence-corrected chi connectivity index (χ3v) is 4.46. The average Bonchev–Trinajstić information content (AvgIpc) is 2.69. The van der Waals surface area contributed by atoms with Crippen LogP contribution >= 0.6 is 11.8 Å². The molecular weight excluding hydrogens is 308 g/mol. The molecule has 0 saturated heterocycles. The molecule has 1 aromatic carbocycles. The van der Waals surface area contributed by atoms with Crippen molar-refractivity contribution in [3.05, 3.63) is 41.2 Å². The maximum atomic E-state index is 13.6. The van der Waals surface area contributed by atoms with Crippen LogP contribution in [0.4, 0.5) is 14.5 Å². The minimum Gasteiger partial charge on any atom is -0.322 e. The van der Waals surface area contributed by atoms with Crippen molar-refractivity contribution < 1.29 is 13.6 Å². The van der Waals surface area contributed by atoms with Crippen molar-refractivity contribution in [3.63, 3.8) is 0 Å². The van der Waals surface area contributed by atoms with E-state index in [4.69, 9.17) is 0 Å². The van der Waals surface area contributed by atoms with Gasteiger partial charge in [-0.2, -0.15) is 5.10 Å². The van der Waals surface area contributed by atoms with Crippen LogP contribution in [-0.2, 0) is 11.8 Å². The molecule has 1 aromatic heterocycles. The van der Waals surface area contributed by atoms with E-state index in [1.165, 1.54) is 0 Å². The van der Waals surface area contributed by atoms with E-state index in [1.54, 1.807) is 25.6 Å². The van der Waals surface area contributed by atoms with Gasteiger partial charge in [-0.15, -0.1) is 11.8 Å². The molecule has 7 heteroatoms. The summed E-state index contributed by atoms with van der Waals surface area (Å²) in [7, 11) is 1.79. The molecule has 1 N–H and O–H groups in total. The Kier molecular flexibility index (Phi) is 4.85. The monoisotopic (exact) mass is 325 g/mol. The quantitative estimate of drug-likeness (QED) is 0.876. The summed E-state index contributed by atoms with van der Waals surface area (Å²) in [4.78, 5) is 12.4. The second kappa shape index (κ2) is 6.48. The Labute approximate surface area is 131 Å². The summed E-state index contributed by atoms with van der Waals surface area (Å²) < 4.78 is 28.5. The lowest BCUT2D eigenvalue weighted by Crippen LogP contribution is -2.23. The average molecular weight is 325 g/mol. The van der Waals surface area contributed by atoms with Crippen LogP contribution in [0.25, 0.3) is 0 Å². The zero-order chi connectivity index (χ0) is 16.4. The van der Waals surface area contributed by atoms with Gasteiger partial charge < -0.3 is 5.32 Å². The van der Waals surface area contributed by atoms with Crippen LogP contribution in [-0.4, -0.2) is 20.9 Å². The number of nitrogens with one attached hydrogen (secondary N) is 1. The summed E-state index contributed by atoms with van der Waals surface area (Å²) in [5, 5.41) is 6.44. The van der Waals surface area contributed by atoms with Crippen molar-refractivity contribution in [2.75, 3.05) is 5.32 Å². The molecule has 22 heavy (non-hydrogen) atoms. The van der Waals surface area contributed by atoms with Gasteiger partial charge in [-0.05, 0) is 39.0 Å². The predicted molar refractivity (Wildman–Crippen MR) is 83.0 cm³/mol. The van der Waals surface area contributed by atoms with Crippen molar-refractivity contribution in [2.24, 2.45) is 7.05 Å². The molecule has 2 rings (SSSR count). The highest BCUT2D eigenvalue weighted by Crippen LogP contribution is 2.28. The van der Waals surface area contributed by atoms with E-state index < -0.39 is 16.9 Å². The first-order valence-electron chi connectivity index (χ1n) is 6.72. The summed E-state index contributed by atoms with van der Waals surface area (Å²) in [6.45, 7) is 5.29. The first kappa shape index (κ1) is 16.5. The molecule has 2 aromatic rings. The highest BCUT2D eigenvalue weighted by molar-refractivity contribution is 8.00. The minimum absolute atomic E-state index is 0.113. The van der Waals surface area contributed by atoms with Gasteiger partial charge in [-0.3, -0.25) is 9.48 Å². The number of nitrogens with zero attached hydrogens (tertiary/aromatic N) is 2. The van der Waals surface area contributed by atoms with Crippen LogP contribution in [0.5, 0.6) is 0 Å². The Balaban J connectivity index is 2.11. The molecule has 4 nitrogen and oxygen atoms in total. The third kappa shape index (κ3) is 3.47. The smallest absolute Gasteiger partial charge is 0.237 e. The van der Waals surface area contributed by atoms with E-state index in [0.29, 0.717) is 11.4 Å². The molecule has 0 fully saturated rings. The highest BCUT2D eigenvalue weighted by atomic mass is 32.2. The first-order chi connectivity index (χ1) is 10.3. The van der Waals surface area contributed by atoms with Crippen molar-refractivity contribution in [2.45, 2.75) is 30.9 Å². The van der Waals surface area contributed by atoms with Crippen molar-refractivity contribution in [1.82, 2.24) is 9.78 Å². The molecule has 0 saturated carbocycles. The minimum atomic E-state index is -0.574. The molecule has 1 amide bonds. The second-order valence-electron chi connectivity index (χ2n) is 4.99. The summed E-state index contributed by atoms with van der Waals surface area (Å²) in [5.41, 5.74) is 2.20. The fourth-order valence-electron chi connectivity index (χ4n) is 1.99. The van der Waals surface area contributed by atoms with Gasteiger partial charge in [0, 0.05) is 11.9 Å². The summed E-state index contributed by atoms with van der Waals surface area (Å²) in [6, 6.07) is 3.19. The van der Waals surface area contributed by atoms with Crippen LogP contribution in [0.1, 0.15) is 18.3 Å². The third-order valence-electron chi connectivity index (χ3n) is 3.32. The molecule has 1 atom stereocenters. The van der Waals surface area contributed by atoms with Crippen LogP contribution in [0, 0.1) is 25.5 Å². The first-order valence-corrected chi connectivity index (χ1v) is 7.60. The lowest BCUT2D eigenvalue weighted by molar-refractivity contribution is -0.115. The lowest BCUT2D eigenvalue weighted by Gasteiger charge is -2.13. The van der Waals surface area contributed by atoms with E-state index in [9.17, 15) is 13.6 Å². The number of carbonyl (C=O) groups is 1. The Hall–Kier alpha value is -1.89. The van der Waals surface area contributed by atoms with E-state index in [0.717, 1.165) is 35.7 Å². The van der Waals surface area contributed by atoms with Crippen LogP contribution in [0.2, 0.25) is 0 Å². The summed E-state index contributed by atoms with van der Waals surface area (Å²) in [5.74, 6) is -1.36. The molecule has 0 bridgehead atoms. The molecule has 0 radical (unpaired) electrons. The van der Waals surface area contributed by atoms with Crippen molar-refractivity contribution in [3.8, 4) is 0 Å². The molecule has 0 aliphatic carbocycles. The van der Waals surface area contributed by atoms with Gasteiger partial charge in [0.25, 0.3) is 0 Å². The van der Waals surface area contributed by atoms with Crippen LogP contribution in [0.3, 0.4) is 0 Å². The molecule has 1 heterocycles. The zero-order valence-electron chi connectivity index (χ0n) is 12.8. The number of hydrogen-bond acceptors (Lipinski definition) is 3. The Morgan fingerprint density at radius 2 is 2.05 bits per heavy atom. The lowest BCUT2D eigenvalue weighted by atomic mass is 10.3. The molecular formula is C15H17F2N3OS. The molecule has 0 aliphatic rings. The van der Waals surface area contributed by atoms with E-state index in [1.807, 2.05) is 6.92 Å². The number of thioether (sulfide) groups is 1. The van der Waals surface area contributed by atoms with Gasteiger partial charge in [0.2, 0.25) is 5.91 Å². The van der Waals surface area contributed by atoms with Gasteiger partial charge >= 0.3 is 0 Å². The van der Waals surface area contributed by atoms with Crippen LogP contribution < -0.4 is 5.32 Å². The Morgan fingerprint density at radius 3 is 2.64 bits per heavy atom. The van der Waals surface area contributed by atoms with Gasteiger partial charge in [0.1, 0.15) is 11.6 Å². The maximum absolute atomic E-state index is 13.6. The maximum Gasteiger partial charge on any atom is 0.237 e. The number of benzene rings is 1. The van der Waals surface area contributed by atoms with Gasteiger partial charge in [0.05, 0.1) is 22.3 Å². The van der Waals surface area contributed by atoms with Gasteiger partial charge in [-0.25, -0.2) is 8.78 Å². The summed E-state index contributed by atoms with van der Waals surface area (Å²) >= 11 is 0.976. The number of rotatable bonds is 4. The second-order valence-corrected chi connectivity index (χ2v) is 6.38. The fourth-order valence-corrected chi connectivity index (χ4v) is 2.90. The molecule has 0 aliphatic heterocycles. The van der Waals surface area contributed by atoms with Crippen LogP contribution in [0.15, 0.2) is 23.1 Å². The molecule has 0 spiro atoms. The van der Waals surface area contributed by atoms with E-state index in [2.05, 4.69) is 10.4 Å². The van der Waals surface area contributed by atoms with E-state index >= 15 is 0 Å². The number of halogens is 2. The van der Waals surface area contributed by atoms with Crippen molar-refractivity contribution in [1.29, 1.82) is 0 Å². The largest absolute Gasteiger partial charge is 0.322 e. The number of amides is 1. The Bertz CT molecular complexity index is 715. The number of carbonyl (C=O) groups excluding carboxylic acids is 1. The SMILES string of the molecule is Cc1nn(C)c(C)c1NC(=O)[C@@H](C)Sc1cc(F)ccc1F. The highest BCUT2D eigenvalue weighted by Gasteiger charge is 2.20. The van der Waals surface area contributed by atoms with E-state index in [-0.39, 0.29) is 10.8 Å². The van der Waals surface area contributed by atoms with Crippen molar-refractivity contribution >= 4 is 23.4 Å². The number of aromatic nitrogens is 2. The standard InChI is InChI=1S/C15H17F2N3OS/c1-8-14(9(2)20(4)19-8)18-15(21)10(3)22-13-7-11(16)5-6-12(13)17/h5-7,10H,1-4H3,(H,18,21)/t10-/m1/s1. The number of anilines is 1. The fraction of sp³-hybridized carbons (Fsp3) is 0.333. The topological polar surface area (TPSA) is 46.9 Å². The summed E-state index contributed by atoms with van der Waals surface area (Å²) in [6.07, 6.45) is 0. The Morgan fingerprint density at radius 1 is 1.36 bits per heavy atom. The normalized spacial score (nSPS) is 12.3. The number of aryl methyl sites for hydroxylation is 2. The zero-order valence-corrected chi connectivity index (χ0v) is 13.6. The number of hydrogen-bond donors (Lipinski definition) is 1. The predicted octanol–water partition coefficient (Wildman–Crippen LogP) is 3.43. The van der Waals surface area contributed by atoms with Gasteiger partial charge in [0.15, 0.2) is 0 Å².